The van der Waals surface area contributed by atoms with Gasteiger partial charge in [-0.05, 0) is 44.0 Å². The molecule has 2 aliphatic heterocycles. The highest BCUT2D eigenvalue weighted by molar-refractivity contribution is 5.79. The summed E-state index contributed by atoms with van der Waals surface area (Å²) in [5.41, 5.74) is 2.22. The van der Waals surface area contributed by atoms with Gasteiger partial charge in [0, 0.05) is 24.7 Å². The van der Waals surface area contributed by atoms with Crippen LogP contribution < -0.4 is 19.7 Å². The van der Waals surface area contributed by atoms with E-state index < -0.39 is 0 Å². The molecule has 5 rings (SSSR count). The van der Waals surface area contributed by atoms with Gasteiger partial charge in [-0.15, -0.1) is 0 Å². The minimum Gasteiger partial charge on any atom is -0.486 e. The molecule has 3 aromatic rings. The van der Waals surface area contributed by atoms with Gasteiger partial charge in [-0.2, -0.15) is 4.98 Å². The van der Waals surface area contributed by atoms with Gasteiger partial charge in [0.15, 0.2) is 17.1 Å². The van der Waals surface area contributed by atoms with Crippen LogP contribution in [0, 0.1) is 12.8 Å². The van der Waals surface area contributed by atoms with Crippen LogP contribution in [0.2, 0.25) is 0 Å². The number of nitrogens with one attached hydrogen (secondary N) is 1. The molecule has 1 atom stereocenters. The molecular weight excluding hydrogens is 384 g/mol. The van der Waals surface area contributed by atoms with Gasteiger partial charge in [-0.1, -0.05) is 12.1 Å². The lowest BCUT2D eigenvalue weighted by Gasteiger charge is -2.31. The Bertz CT molecular complexity index is 1060. The Kier molecular flexibility index (Phi) is 4.90. The maximum absolute atomic E-state index is 12.6. The van der Waals surface area contributed by atoms with E-state index in [9.17, 15) is 4.79 Å². The number of carbonyl (C=O) groups is 1. The third-order valence-corrected chi connectivity index (χ3v) is 5.59. The summed E-state index contributed by atoms with van der Waals surface area (Å²) in [5, 5.41) is 3.02. The minimum absolute atomic E-state index is 0.0252. The fourth-order valence-corrected chi connectivity index (χ4v) is 3.89. The van der Waals surface area contributed by atoms with E-state index in [0.717, 1.165) is 43.1 Å². The van der Waals surface area contributed by atoms with E-state index >= 15 is 0 Å². The first-order valence-electron chi connectivity index (χ1n) is 10.3. The van der Waals surface area contributed by atoms with E-state index in [2.05, 4.69) is 20.2 Å². The highest BCUT2D eigenvalue weighted by Crippen LogP contribution is 2.31. The van der Waals surface area contributed by atoms with Gasteiger partial charge in [0.25, 0.3) is 6.01 Å². The van der Waals surface area contributed by atoms with Crippen molar-refractivity contribution in [2.75, 3.05) is 31.1 Å². The van der Waals surface area contributed by atoms with E-state index in [-0.39, 0.29) is 17.9 Å². The molecule has 1 aromatic carbocycles. The van der Waals surface area contributed by atoms with Crippen LogP contribution in [-0.2, 0) is 4.79 Å². The number of hydrogen-bond acceptors (Lipinski definition) is 7. The van der Waals surface area contributed by atoms with Gasteiger partial charge in [-0.3, -0.25) is 4.79 Å². The first-order chi connectivity index (χ1) is 14.7. The number of anilines is 1. The molecule has 0 radical (unpaired) electrons. The van der Waals surface area contributed by atoms with E-state index in [1.54, 1.807) is 0 Å². The number of rotatable bonds is 4. The van der Waals surface area contributed by atoms with Crippen molar-refractivity contribution in [1.82, 2.24) is 15.3 Å². The summed E-state index contributed by atoms with van der Waals surface area (Å²) < 4.78 is 17.4. The van der Waals surface area contributed by atoms with Crippen LogP contribution in [-0.4, -0.2) is 48.2 Å². The number of aryl methyl sites for hydroxylation is 1. The molecule has 1 unspecified atom stereocenters. The summed E-state index contributed by atoms with van der Waals surface area (Å²) in [7, 11) is 0. The summed E-state index contributed by atoms with van der Waals surface area (Å²) in [6, 6.07) is 12.0. The second-order valence-corrected chi connectivity index (χ2v) is 7.77. The van der Waals surface area contributed by atoms with Crippen molar-refractivity contribution in [3.8, 4) is 11.5 Å². The number of nitrogens with zero attached hydrogens (tertiary/aromatic N) is 3. The van der Waals surface area contributed by atoms with Gasteiger partial charge in [0.1, 0.15) is 12.7 Å². The van der Waals surface area contributed by atoms with Crippen LogP contribution in [0.5, 0.6) is 11.5 Å². The van der Waals surface area contributed by atoms with Crippen LogP contribution >= 0.6 is 0 Å². The first kappa shape index (κ1) is 18.7. The Morgan fingerprint density at radius 3 is 2.77 bits per heavy atom. The lowest BCUT2D eigenvalue weighted by Crippen LogP contribution is -2.45. The molecule has 0 spiro atoms. The highest BCUT2D eigenvalue weighted by atomic mass is 16.6. The molecule has 156 valence electrons. The maximum atomic E-state index is 12.6. The lowest BCUT2D eigenvalue weighted by molar-refractivity contribution is -0.126. The van der Waals surface area contributed by atoms with E-state index in [1.165, 1.54) is 0 Å². The van der Waals surface area contributed by atoms with E-state index in [0.29, 0.717) is 30.4 Å². The van der Waals surface area contributed by atoms with Gasteiger partial charge in [0.2, 0.25) is 11.6 Å². The SMILES string of the molecule is Cc1ccc2oc(N3CCC(C(=O)NCC4COc5ccccc5O4)CC3)nc2n1. The third-order valence-electron chi connectivity index (χ3n) is 5.59. The average molecular weight is 408 g/mol. The number of benzene rings is 1. The molecule has 0 bridgehead atoms. The Balaban J connectivity index is 1.12. The second-order valence-electron chi connectivity index (χ2n) is 7.77. The quantitative estimate of drug-likeness (QED) is 0.710. The number of aromatic nitrogens is 2. The van der Waals surface area contributed by atoms with Gasteiger partial charge in [-0.25, -0.2) is 4.98 Å². The van der Waals surface area contributed by atoms with Gasteiger partial charge >= 0.3 is 0 Å². The fraction of sp³-hybridized carbons (Fsp3) is 0.409. The van der Waals surface area contributed by atoms with E-state index in [4.69, 9.17) is 13.9 Å². The van der Waals surface area contributed by atoms with E-state index in [1.807, 2.05) is 43.3 Å². The Hall–Kier alpha value is -3.29. The smallest absolute Gasteiger partial charge is 0.299 e. The Labute approximate surface area is 174 Å². The monoisotopic (exact) mass is 408 g/mol. The molecule has 0 aliphatic carbocycles. The largest absolute Gasteiger partial charge is 0.486 e. The summed E-state index contributed by atoms with van der Waals surface area (Å²) in [6.45, 7) is 4.24. The predicted molar refractivity (Wildman–Crippen MR) is 111 cm³/mol. The van der Waals surface area contributed by atoms with Crippen LogP contribution in [0.4, 0.5) is 6.01 Å². The molecule has 2 aromatic heterocycles. The van der Waals surface area contributed by atoms with Crippen LogP contribution in [0.15, 0.2) is 40.8 Å². The van der Waals surface area contributed by atoms with Crippen molar-refractivity contribution < 1.29 is 18.7 Å². The zero-order chi connectivity index (χ0) is 20.5. The number of hydrogen-bond donors (Lipinski definition) is 1. The number of oxazole rings is 1. The average Bonchev–Trinajstić information content (AvgIpc) is 3.20. The predicted octanol–water partition coefficient (Wildman–Crippen LogP) is 2.70. The molecule has 30 heavy (non-hydrogen) atoms. The maximum Gasteiger partial charge on any atom is 0.299 e. The number of piperidine rings is 1. The topological polar surface area (TPSA) is 89.7 Å². The molecule has 2 aliphatic rings. The summed E-state index contributed by atoms with van der Waals surface area (Å²) >= 11 is 0. The molecule has 0 saturated carbocycles. The normalized spacial score (nSPS) is 19.1. The number of fused-ring (bicyclic) bond motifs is 2. The van der Waals surface area contributed by atoms with Gasteiger partial charge in [0.05, 0.1) is 6.54 Å². The Morgan fingerprint density at radius 2 is 1.93 bits per heavy atom. The van der Waals surface area contributed by atoms with Crippen molar-refractivity contribution in [3.63, 3.8) is 0 Å². The zero-order valence-electron chi connectivity index (χ0n) is 16.8. The number of pyridine rings is 1. The second kappa shape index (κ2) is 7.85. The Morgan fingerprint density at radius 1 is 1.13 bits per heavy atom. The molecule has 1 fully saturated rings. The molecule has 1 amide bonds. The van der Waals surface area contributed by atoms with Crippen molar-refractivity contribution in [1.29, 1.82) is 0 Å². The first-order valence-corrected chi connectivity index (χ1v) is 10.3. The molecule has 1 N–H and O–H groups in total. The summed E-state index contributed by atoms with van der Waals surface area (Å²) in [4.78, 5) is 23.6. The van der Waals surface area contributed by atoms with Crippen molar-refractivity contribution in [3.05, 3.63) is 42.1 Å². The highest BCUT2D eigenvalue weighted by Gasteiger charge is 2.28. The lowest BCUT2D eigenvalue weighted by atomic mass is 9.96. The number of carbonyl (C=O) groups excluding carboxylic acids is 1. The standard InChI is InChI=1S/C22H24N4O4/c1-14-6-7-19-20(24-14)25-22(30-19)26-10-8-15(9-11-26)21(27)23-12-16-13-28-17-4-2-3-5-18(17)29-16/h2-7,15-16H,8-13H2,1H3,(H,23,27). The van der Waals surface area contributed by atoms with Gasteiger partial charge < -0.3 is 24.1 Å². The summed E-state index contributed by atoms with van der Waals surface area (Å²) in [6.07, 6.45) is 1.32. The van der Waals surface area contributed by atoms with Crippen molar-refractivity contribution in [2.45, 2.75) is 25.9 Å². The van der Waals surface area contributed by atoms with Crippen LogP contribution in [0.25, 0.3) is 11.2 Å². The molecule has 4 heterocycles. The molecule has 8 heteroatoms. The minimum atomic E-state index is -0.181. The van der Waals surface area contributed by atoms with Crippen molar-refractivity contribution in [2.24, 2.45) is 5.92 Å². The zero-order valence-corrected chi connectivity index (χ0v) is 16.8. The fourth-order valence-electron chi connectivity index (χ4n) is 3.89. The number of ether oxygens (including phenoxy) is 2. The molecular formula is C22H24N4O4. The number of amides is 1. The molecule has 1 saturated heterocycles. The van der Waals surface area contributed by atoms with Crippen LogP contribution in [0.1, 0.15) is 18.5 Å². The van der Waals surface area contributed by atoms with Crippen molar-refractivity contribution >= 4 is 23.2 Å². The van der Waals surface area contributed by atoms with Crippen LogP contribution in [0.3, 0.4) is 0 Å². The summed E-state index contributed by atoms with van der Waals surface area (Å²) in [5.74, 6) is 1.51. The third kappa shape index (κ3) is 3.77. The molecule has 8 nitrogen and oxygen atoms in total. The number of para-hydroxylation sites is 2.